The molecule has 0 aliphatic carbocycles. The van der Waals surface area contributed by atoms with Gasteiger partial charge in [0.05, 0.1) is 0 Å². The van der Waals surface area contributed by atoms with Crippen molar-refractivity contribution in [1.82, 2.24) is 0 Å². The zero-order valence-corrected chi connectivity index (χ0v) is 20.3. The van der Waals surface area contributed by atoms with Crippen molar-refractivity contribution in [1.29, 1.82) is 0 Å². The summed E-state index contributed by atoms with van der Waals surface area (Å²) < 4.78 is 0. The fraction of sp³-hybridized carbons (Fsp3) is 0.0303. The van der Waals surface area contributed by atoms with Crippen molar-refractivity contribution in [2.75, 3.05) is 0 Å². The highest BCUT2D eigenvalue weighted by molar-refractivity contribution is 7.22. The van der Waals surface area contributed by atoms with Crippen molar-refractivity contribution >= 4 is 51.7 Å². The molecule has 162 valence electrons. The van der Waals surface area contributed by atoms with E-state index in [4.69, 9.17) is 0 Å². The van der Waals surface area contributed by atoms with E-state index in [-0.39, 0.29) is 0 Å². The van der Waals surface area contributed by atoms with Gasteiger partial charge in [-0.2, -0.15) is 0 Å². The Bertz CT molecular complexity index is 1520. The van der Waals surface area contributed by atoms with Gasteiger partial charge in [0.1, 0.15) is 0 Å². The van der Waals surface area contributed by atoms with E-state index >= 15 is 0 Å². The van der Waals surface area contributed by atoms with Crippen LogP contribution in [-0.4, -0.2) is 8.07 Å². The van der Waals surface area contributed by atoms with Gasteiger partial charge in [0.15, 0.2) is 8.07 Å². The fourth-order valence-corrected chi connectivity index (χ4v) is 11.1. The molecule has 1 aliphatic heterocycles. The van der Waals surface area contributed by atoms with Crippen molar-refractivity contribution in [3.8, 4) is 11.1 Å². The maximum Gasteiger partial charge on any atom is 0.180 e. The minimum atomic E-state index is -2.44. The number of allylic oxidation sites excluding steroid dienone is 1. The molecule has 0 fully saturated rings. The highest BCUT2D eigenvalue weighted by Crippen LogP contribution is 2.36. The van der Waals surface area contributed by atoms with Crippen LogP contribution in [0.25, 0.3) is 34.1 Å². The van der Waals surface area contributed by atoms with Crippen molar-refractivity contribution in [2.24, 2.45) is 0 Å². The normalized spacial score (nSPS) is 13.7. The molecule has 0 aromatic heterocycles. The molecule has 0 nitrogen and oxygen atoms in total. The van der Waals surface area contributed by atoms with Crippen LogP contribution in [0.1, 0.15) is 18.1 Å². The third kappa shape index (κ3) is 2.77. The molecule has 0 N–H and O–H groups in total. The number of benzene rings is 5. The predicted molar refractivity (Wildman–Crippen MR) is 151 cm³/mol. The van der Waals surface area contributed by atoms with Gasteiger partial charge in [0.25, 0.3) is 0 Å². The fourth-order valence-electron chi connectivity index (χ4n) is 5.92. The van der Waals surface area contributed by atoms with Gasteiger partial charge in [-0.05, 0) is 60.7 Å². The lowest BCUT2D eigenvalue weighted by Crippen LogP contribution is -2.72. The molecule has 0 atom stereocenters. The van der Waals surface area contributed by atoms with E-state index in [0.29, 0.717) is 0 Å². The van der Waals surface area contributed by atoms with E-state index in [0.717, 1.165) is 0 Å². The smallest absolute Gasteiger partial charge is 0.0984 e. The average molecular weight is 451 g/mol. The third-order valence-electron chi connectivity index (χ3n) is 7.25. The Balaban J connectivity index is 1.82. The molecule has 0 unspecified atom stereocenters. The molecule has 1 aliphatic rings. The van der Waals surface area contributed by atoms with E-state index in [1.807, 2.05) is 6.08 Å². The first-order valence-electron chi connectivity index (χ1n) is 11.9. The second-order valence-electron chi connectivity index (χ2n) is 8.88. The van der Waals surface area contributed by atoms with Gasteiger partial charge < -0.3 is 0 Å². The Morgan fingerprint density at radius 3 is 1.88 bits per heavy atom. The maximum atomic E-state index is 4.06. The van der Waals surface area contributed by atoms with Crippen LogP contribution in [0.15, 0.2) is 122 Å². The summed E-state index contributed by atoms with van der Waals surface area (Å²) in [5.74, 6) is 0. The minimum absolute atomic E-state index is 1.17. The van der Waals surface area contributed by atoms with Crippen LogP contribution in [0.3, 0.4) is 0 Å². The van der Waals surface area contributed by atoms with Crippen molar-refractivity contribution in [3.05, 3.63) is 133 Å². The summed E-state index contributed by atoms with van der Waals surface area (Å²) in [5, 5.41) is 8.44. The standard InChI is InChI=1S/C33H26Si/c1-3-13-27-24(4-2)20-21-29-28(27)22-23-32-33(29)30-18-11-12-19-31(30)34(32,25-14-7-5-8-15-25)26-16-9-6-10-17-26/h3-23H,2H2,1H3/b13-3-. The van der Waals surface area contributed by atoms with Crippen molar-refractivity contribution in [3.63, 3.8) is 0 Å². The molecule has 0 amide bonds. The maximum absolute atomic E-state index is 4.06. The van der Waals surface area contributed by atoms with Crippen LogP contribution in [-0.2, 0) is 0 Å². The van der Waals surface area contributed by atoms with Gasteiger partial charge in [-0.3, -0.25) is 0 Å². The summed E-state index contributed by atoms with van der Waals surface area (Å²) in [6.07, 6.45) is 6.30. The number of rotatable bonds is 4. The summed E-state index contributed by atoms with van der Waals surface area (Å²) in [4.78, 5) is 0. The molecule has 0 saturated carbocycles. The third-order valence-corrected chi connectivity index (χ3v) is 12.1. The Hall–Kier alpha value is -3.94. The first kappa shape index (κ1) is 20.6. The quantitative estimate of drug-likeness (QED) is 0.295. The van der Waals surface area contributed by atoms with E-state index < -0.39 is 8.07 Å². The monoisotopic (exact) mass is 450 g/mol. The van der Waals surface area contributed by atoms with Gasteiger partial charge in [-0.25, -0.2) is 0 Å². The molecule has 6 rings (SSSR count). The summed E-state index contributed by atoms with van der Waals surface area (Å²) >= 11 is 0. The first-order valence-corrected chi connectivity index (χ1v) is 13.9. The summed E-state index contributed by atoms with van der Waals surface area (Å²) in [6.45, 7) is 6.14. The van der Waals surface area contributed by atoms with Crippen LogP contribution in [0.4, 0.5) is 0 Å². The van der Waals surface area contributed by atoms with Crippen LogP contribution in [0.2, 0.25) is 0 Å². The topological polar surface area (TPSA) is 0 Å². The zero-order chi connectivity index (χ0) is 23.1. The molecular formula is C33H26Si. The number of hydrogen-bond acceptors (Lipinski definition) is 0. The minimum Gasteiger partial charge on any atom is -0.0984 e. The molecular weight excluding hydrogens is 424 g/mol. The van der Waals surface area contributed by atoms with E-state index in [1.165, 1.54) is 53.8 Å². The van der Waals surface area contributed by atoms with Gasteiger partial charge in [0.2, 0.25) is 0 Å². The highest BCUT2D eigenvalue weighted by Gasteiger charge is 2.48. The second kappa shape index (κ2) is 8.13. The van der Waals surface area contributed by atoms with Crippen LogP contribution in [0.5, 0.6) is 0 Å². The van der Waals surface area contributed by atoms with E-state index in [1.54, 1.807) is 0 Å². The lowest BCUT2D eigenvalue weighted by atomic mass is 9.93. The van der Waals surface area contributed by atoms with Crippen molar-refractivity contribution in [2.45, 2.75) is 6.92 Å². The Morgan fingerprint density at radius 2 is 1.24 bits per heavy atom. The summed E-state index contributed by atoms with van der Waals surface area (Å²) in [7, 11) is -2.44. The average Bonchev–Trinajstić information content (AvgIpc) is 3.21. The Labute approximate surface area is 202 Å². The molecule has 1 heterocycles. The number of hydrogen-bond donors (Lipinski definition) is 0. The Morgan fingerprint density at radius 1 is 0.618 bits per heavy atom. The molecule has 34 heavy (non-hydrogen) atoms. The molecule has 0 radical (unpaired) electrons. The first-order chi connectivity index (χ1) is 16.8. The molecule has 0 bridgehead atoms. The van der Waals surface area contributed by atoms with Crippen LogP contribution in [0, 0.1) is 0 Å². The van der Waals surface area contributed by atoms with Gasteiger partial charge in [-0.15, -0.1) is 0 Å². The molecule has 1 heteroatoms. The van der Waals surface area contributed by atoms with Gasteiger partial charge >= 0.3 is 0 Å². The largest absolute Gasteiger partial charge is 0.180 e. The van der Waals surface area contributed by atoms with Gasteiger partial charge in [-0.1, -0.05) is 134 Å². The molecule has 5 aromatic carbocycles. The van der Waals surface area contributed by atoms with E-state index in [9.17, 15) is 0 Å². The molecule has 0 spiro atoms. The van der Waals surface area contributed by atoms with Gasteiger partial charge in [0, 0.05) is 0 Å². The Kier molecular flexibility index (Phi) is 4.93. The van der Waals surface area contributed by atoms with E-state index in [2.05, 4.69) is 135 Å². The predicted octanol–water partition coefficient (Wildman–Crippen LogP) is 5.87. The molecule has 5 aromatic rings. The van der Waals surface area contributed by atoms with Crippen LogP contribution < -0.4 is 20.7 Å². The van der Waals surface area contributed by atoms with Crippen LogP contribution >= 0.6 is 0 Å². The lowest BCUT2D eigenvalue weighted by Gasteiger charge is -2.31. The summed E-state index contributed by atoms with van der Waals surface area (Å²) in [6, 6.07) is 40.7. The molecule has 0 saturated heterocycles. The lowest BCUT2D eigenvalue weighted by molar-refractivity contribution is 1.66. The number of fused-ring (bicyclic) bond motifs is 5. The second-order valence-corrected chi connectivity index (χ2v) is 12.6. The summed E-state index contributed by atoms with van der Waals surface area (Å²) in [5.41, 5.74) is 5.19. The van der Waals surface area contributed by atoms with Crippen molar-refractivity contribution < 1.29 is 0 Å². The zero-order valence-electron chi connectivity index (χ0n) is 19.3. The highest BCUT2D eigenvalue weighted by atomic mass is 28.3. The SMILES string of the molecule is C=Cc1ccc2c3c(ccc2c1/C=C\C)[Si](c1ccccc1)(c1ccccc1)c1ccccc1-3.